The van der Waals surface area contributed by atoms with Crippen LogP contribution in [0, 0.1) is 0 Å². The number of thiophene rings is 1. The normalized spacial score (nSPS) is 10.4. The zero-order chi connectivity index (χ0) is 10.1. The van der Waals surface area contributed by atoms with Crippen LogP contribution in [-0.2, 0) is 0 Å². The summed E-state index contributed by atoms with van der Waals surface area (Å²) < 4.78 is 0. The van der Waals surface area contributed by atoms with E-state index in [0.717, 1.165) is 10.9 Å². The first kappa shape index (κ1) is 9.21. The van der Waals surface area contributed by atoms with Crippen LogP contribution in [0.4, 0.5) is 0 Å². The maximum atomic E-state index is 11.6. The van der Waals surface area contributed by atoms with Gasteiger partial charge in [-0.2, -0.15) is 11.3 Å². The molecule has 14 heavy (non-hydrogen) atoms. The fourth-order valence-corrected chi connectivity index (χ4v) is 2.14. The Morgan fingerprint density at radius 1 is 1.21 bits per heavy atom. The fraction of sp³-hybridized carbons (Fsp3) is 0.182. The third-order valence-corrected chi connectivity index (χ3v) is 2.91. The lowest BCUT2D eigenvalue weighted by atomic mass is 10.1. The average molecular weight is 205 g/mol. The van der Waals surface area contributed by atoms with Gasteiger partial charge in [-0.1, -0.05) is 6.07 Å². The van der Waals surface area contributed by atoms with E-state index in [0.29, 0.717) is 0 Å². The summed E-state index contributed by atoms with van der Waals surface area (Å²) in [4.78, 5) is 13.2. The summed E-state index contributed by atoms with van der Waals surface area (Å²) in [7, 11) is 3.53. The van der Waals surface area contributed by atoms with Crippen molar-refractivity contribution in [3.63, 3.8) is 0 Å². The largest absolute Gasteiger partial charge is 0.345 e. The molecule has 3 heteroatoms. The van der Waals surface area contributed by atoms with Gasteiger partial charge in [0, 0.05) is 19.7 Å². The Hall–Kier alpha value is -1.35. The Bertz CT molecular complexity index is 473. The van der Waals surface area contributed by atoms with E-state index in [9.17, 15) is 4.79 Å². The van der Waals surface area contributed by atoms with Gasteiger partial charge in [0.05, 0.1) is 0 Å². The van der Waals surface area contributed by atoms with Gasteiger partial charge in [0.15, 0.2) is 0 Å². The number of amides is 1. The van der Waals surface area contributed by atoms with Crippen molar-refractivity contribution in [2.45, 2.75) is 0 Å². The molecule has 0 radical (unpaired) electrons. The second-order valence-corrected chi connectivity index (χ2v) is 4.16. The molecule has 0 aliphatic rings. The molecule has 0 N–H and O–H groups in total. The molecule has 1 aromatic carbocycles. The zero-order valence-electron chi connectivity index (χ0n) is 8.15. The van der Waals surface area contributed by atoms with Gasteiger partial charge >= 0.3 is 0 Å². The maximum absolute atomic E-state index is 11.6. The Labute approximate surface area is 86.8 Å². The van der Waals surface area contributed by atoms with Crippen molar-refractivity contribution < 1.29 is 4.79 Å². The summed E-state index contributed by atoms with van der Waals surface area (Å²) in [6, 6.07) is 5.80. The molecule has 2 nitrogen and oxygen atoms in total. The summed E-state index contributed by atoms with van der Waals surface area (Å²) in [6.07, 6.45) is 0. The van der Waals surface area contributed by atoms with Crippen LogP contribution >= 0.6 is 11.3 Å². The molecule has 0 saturated heterocycles. The van der Waals surface area contributed by atoms with Gasteiger partial charge in [-0.15, -0.1) is 0 Å². The highest BCUT2D eigenvalue weighted by Gasteiger charge is 2.07. The van der Waals surface area contributed by atoms with Gasteiger partial charge in [-0.25, -0.2) is 0 Å². The highest BCUT2D eigenvalue weighted by atomic mass is 32.1. The van der Waals surface area contributed by atoms with Gasteiger partial charge in [0.25, 0.3) is 5.91 Å². The van der Waals surface area contributed by atoms with Crippen molar-refractivity contribution in [3.8, 4) is 0 Å². The zero-order valence-corrected chi connectivity index (χ0v) is 8.97. The molecule has 2 rings (SSSR count). The smallest absolute Gasteiger partial charge is 0.253 e. The third-order valence-electron chi connectivity index (χ3n) is 2.13. The molecular formula is C11H11NOS. The molecule has 0 atom stereocenters. The molecule has 1 heterocycles. The number of rotatable bonds is 1. The average Bonchev–Trinajstić information content (AvgIpc) is 2.62. The van der Waals surface area contributed by atoms with Crippen LogP contribution in [0.15, 0.2) is 29.0 Å². The first-order chi connectivity index (χ1) is 6.68. The Balaban J connectivity index is 2.48. The van der Waals surface area contributed by atoms with Gasteiger partial charge in [0.2, 0.25) is 0 Å². The van der Waals surface area contributed by atoms with Crippen LogP contribution < -0.4 is 0 Å². The molecule has 1 amide bonds. The predicted molar refractivity (Wildman–Crippen MR) is 59.8 cm³/mol. The van der Waals surface area contributed by atoms with E-state index < -0.39 is 0 Å². The molecule has 0 bridgehead atoms. The summed E-state index contributed by atoms with van der Waals surface area (Å²) in [5.41, 5.74) is 0.751. The van der Waals surface area contributed by atoms with Crippen molar-refractivity contribution in [1.29, 1.82) is 0 Å². The second kappa shape index (κ2) is 3.42. The van der Waals surface area contributed by atoms with Crippen LogP contribution in [0.3, 0.4) is 0 Å². The lowest BCUT2D eigenvalue weighted by Gasteiger charge is -2.09. The number of nitrogens with zero attached hydrogens (tertiary/aromatic N) is 1. The van der Waals surface area contributed by atoms with Crippen LogP contribution in [-0.4, -0.2) is 24.9 Å². The van der Waals surface area contributed by atoms with Crippen molar-refractivity contribution >= 4 is 28.0 Å². The van der Waals surface area contributed by atoms with Crippen molar-refractivity contribution in [2.75, 3.05) is 14.1 Å². The van der Waals surface area contributed by atoms with Crippen LogP contribution in [0.25, 0.3) is 10.8 Å². The molecule has 2 aromatic rings. The van der Waals surface area contributed by atoms with Gasteiger partial charge in [-0.05, 0) is 33.7 Å². The fourth-order valence-electron chi connectivity index (χ4n) is 1.36. The lowest BCUT2D eigenvalue weighted by molar-refractivity contribution is 0.0828. The number of carbonyl (C=O) groups is 1. The van der Waals surface area contributed by atoms with Crippen molar-refractivity contribution in [2.24, 2.45) is 0 Å². The Morgan fingerprint density at radius 2 is 1.93 bits per heavy atom. The number of fused-ring (bicyclic) bond motifs is 1. The van der Waals surface area contributed by atoms with E-state index in [1.807, 2.05) is 18.2 Å². The summed E-state index contributed by atoms with van der Waals surface area (Å²) in [5.74, 6) is 0.0538. The third kappa shape index (κ3) is 1.51. The molecule has 0 saturated carbocycles. The van der Waals surface area contributed by atoms with E-state index in [-0.39, 0.29) is 5.91 Å². The lowest BCUT2D eigenvalue weighted by Crippen LogP contribution is -2.21. The van der Waals surface area contributed by atoms with E-state index >= 15 is 0 Å². The molecule has 1 aromatic heterocycles. The monoisotopic (exact) mass is 205 g/mol. The maximum Gasteiger partial charge on any atom is 0.253 e. The van der Waals surface area contributed by atoms with E-state index in [2.05, 4.69) is 10.8 Å². The van der Waals surface area contributed by atoms with E-state index in [1.54, 1.807) is 30.3 Å². The first-order valence-corrected chi connectivity index (χ1v) is 5.30. The quantitative estimate of drug-likeness (QED) is 0.700. The van der Waals surface area contributed by atoms with Gasteiger partial charge in [0.1, 0.15) is 0 Å². The summed E-state index contributed by atoms with van der Waals surface area (Å²) >= 11 is 1.66. The minimum Gasteiger partial charge on any atom is -0.345 e. The Kier molecular flexibility index (Phi) is 2.25. The molecule has 72 valence electrons. The van der Waals surface area contributed by atoms with Crippen molar-refractivity contribution in [1.82, 2.24) is 4.90 Å². The number of hydrogen-bond donors (Lipinski definition) is 0. The first-order valence-electron chi connectivity index (χ1n) is 4.36. The van der Waals surface area contributed by atoms with Crippen LogP contribution in [0.5, 0.6) is 0 Å². The standard InChI is InChI=1S/C11H11NOS/c1-12(2)11(13)8-3-4-9-6-14-7-10(9)5-8/h3-7H,1-2H3. The van der Waals surface area contributed by atoms with E-state index in [1.165, 1.54) is 5.39 Å². The number of hydrogen-bond acceptors (Lipinski definition) is 2. The van der Waals surface area contributed by atoms with Crippen LogP contribution in [0.2, 0.25) is 0 Å². The molecule has 0 fully saturated rings. The van der Waals surface area contributed by atoms with Gasteiger partial charge < -0.3 is 4.90 Å². The summed E-state index contributed by atoms with van der Waals surface area (Å²) in [6.45, 7) is 0. The minimum atomic E-state index is 0.0538. The molecular weight excluding hydrogens is 194 g/mol. The van der Waals surface area contributed by atoms with E-state index in [4.69, 9.17) is 0 Å². The molecule has 0 aliphatic heterocycles. The number of benzene rings is 1. The van der Waals surface area contributed by atoms with Gasteiger partial charge in [-0.3, -0.25) is 4.79 Å². The minimum absolute atomic E-state index is 0.0538. The second-order valence-electron chi connectivity index (χ2n) is 3.42. The SMILES string of the molecule is CN(C)C(=O)c1ccc2cscc2c1. The topological polar surface area (TPSA) is 20.3 Å². The molecule has 0 spiro atoms. The molecule has 0 aliphatic carbocycles. The Morgan fingerprint density at radius 3 is 2.64 bits per heavy atom. The highest BCUT2D eigenvalue weighted by molar-refractivity contribution is 7.09. The summed E-state index contributed by atoms with van der Waals surface area (Å²) in [5, 5.41) is 6.48. The molecule has 0 unspecified atom stereocenters. The predicted octanol–water partition coefficient (Wildman–Crippen LogP) is 2.60. The highest BCUT2D eigenvalue weighted by Crippen LogP contribution is 2.20. The number of carbonyl (C=O) groups excluding carboxylic acids is 1. The van der Waals surface area contributed by atoms with Crippen LogP contribution in [0.1, 0.15) is 10.4 Å². The van der Waals surface area contributed by atoms with Crippen molar-refractivity contribution in [3.05, 3.63) is 34.5 Å².